The maximum atomic E-state index is 6.19. The smallest absolute Gasteiger partial charge is 0.218 e. The van der Waals surface area contributed by atoms with Gasteiger partial charge in [-0.1, -0.05) is 42.5 Å². The second-order valence-corrected chi connectivity index (χ2v) is 4.77. The predicted molar refractivity (Wildman–Crippen MR) is 78.7 cm³/mol. The Morgan fingerprint density at radius 3 is 2.45 bits per heavy atom. The number of benzene rings is 2. The highest BCUT2D eigenvalue weighted by Crippen LogP contribution is 2.23. The van der Waals surface area contributed by atoms with Crippen molar-refractivity contribution in [3.05, 3.63) is 59.9 Å². The van der Waals surface area contributed by atoms with Crippen LogP contribution < -0.4 is 0 Å². The normalized spacial score (nSPS) is 11.2. The Labute approximate surface area is 119 Å². The maximum Gasteiger partial charge on any atom is 0.226 e. The molecule has 0 spiro atoms. The van der Waals surface area contributed by atoms with E-state index in [0.29, 0.717) is 11.1 Å². The van der Waals surface area contributed by atoms with Crippen molar-refractivity contribution >= 4 is 28.2 Å². The minimum Gasteiger partial charge on any atom is -0.218 e. The van der Waals surface area contributed by atoms with E-state index in [1.165, 1.54) is 0 Å². The molecule has 0 fully saturated rings. The van der Waals surface area contributed by atoms with Crippen molar-refractivity contribution in [2.75, 3.05) is 0 Å². The molecule has 0 unspecified atom stereocenters. The van der Waals surface area contributed by atoms with Gasteiger partial charge >= 0.3 is 0 Å². The topological polar surface area (TPSA) is 43.1 Å². The fourth-order valence-corrected chi connectivity index (χ4v) is 2.44. The van der Waals surface area contributed by atoms with Crippen LogP contribution in [0.5, 0.6) is 0 Å². The number of rotatable bonds is 1. The molecule has 5 heteroatoms. The van der Waals surface area contributed by atoms with E-state index in [0.717, 1.165) is 22.1 Å². The van der Waals surface area contributed by atoms with Crippen LogP contribution in [-0.4, -0.2) is 19.6 Å². The molecule has 0 amide bonds. The van der Waals surface area contributed by atoms with Crippen molar-refractivity contribution in [1.29, 1.82) is 0 Å². The third kappa shape index (κ3) is 1.66. The summed E-state index contributed by atoms with van der Waals surface area (Å²) in [6.07, 6.45) is 0. The van der Waals surface area contributed by atoms with Crippen LogP contribution in [0.2, 0.25) is 5.28 Å². The lowest BCUT2D eigenvalue weighted by molar-refractivity contribution is 0.939. The summed E-state index contributed by atoms with van der Waals surface area (Å²) in [4.78, 5) is 8.94. The lowest BCUT2D eigenvalue weighted by Crippen LogP contribution is -1.94. The lowest BCUT2D eigenvalue weighted by atomic mass is 10.2. The van der Waals surface area contributed by atoms with Crippen LogP contribution in [0.15, 0.2) is 54.6 Å². The molecule has 96 valence electrons. The Bertz CT molecular complexity index is 915. The van der Waals surface area contributed by atoms with E-state index in [1.807, 2.05) is 54.6 Å². The van der Waals surface area contributed by atoms with Crippen molar-refractivity contribution in [2.45, 2.75) is 0 Å². The molecule has 4 aromatic rings. The monoisotopic (exact) mass is 280 g/mol. The number of hydrogen-bond donors (Lipinski definition) is 0. The van der Waals surface area contributed by atoms with Gasteiger partial charge in [-0.2, -0.15) is 4.52 Å². The van der Waals surface area contributed by atoms with E-state index >= 15 is 0 Å². The number of hydrogen-bond acceptors (Lipinski definition) is 3. The molecule has 0 aliphatic rings. The molecule has 2 aromatic carbocycles. The van der Waals surface area contributed by atoms with Gasteiger partial charge in [0.1, 0.15) is 0 Å². The summed E-state index contributed by atoms with van der Waals surface area (Å²) in [5.41, 5.74) is 2.49. The van der Waals surface area contributed by atoms with Gasteiger partial charge in [-0.3, -0.25) is 0 Å². The van der Waals surface area contributed by atoms with E-state index in [2.05, 4.69) is 15.1 Å². The maximum absolute atomic E-state index is 6.19. The SMILES string of the molecule is Clc1nc2ccccc2c2nc(-c3ccccc3)nn12. The Balaban J connectivity index is 2.08. The molecule has 0 aliphatic heterocycles. The van der Waals surface area contributed by atoms with Crippen LogP contribution in [0.1, 0.15) is 0 Å². The molecule has 0 N–H and O–H groups in total. The van der Waals surface area contributed by atoms with Gasteiger partial charge < -0.3 is 0 Å². The van der Waals surface area contributed by atoms with Gasteiger partial charge in [0.15, 0.2) is 11.5 Å². The highest BCUT2D eigenvalue weighted by atomic mass is 35.5. The number of nitrogens with zero attached hydrogens (tertiary/aromatic N) is 4. The van der Waals surface area contributed by atoms with E-state index in [4.69, 9.17) is 11.6 Å². The minimum absolute atomic E-state index is 0.313. The van der Waals surface area contributed by atoms with Gasteiger partial charge in [0, 0.05) is 10.9 Å². The minimum atomic E-state index is 0.313. The number of fused-ring (bicyclic) bond motifs is 3. The highest BCUT2D eigenvalue weighted by molar-refractivity contribution is 6.29. The van der Waals surface area contributed by atoms with Crippen LogP contribution in [0, 0.1) is 0 Å². The summed E-state index contributed by atoms with van der Waals surface area (Å²) in [5, 5.41) is 5.69. The van der Waals surface area contributed by atoms with Gasteiger partial charge in [0.25, 0.3) is 0 Å². The predicted octanol–water partition coefficient (Wildman–Crippen LogP) is 3.60. The summed E-state index contributed by atoms with van der Waals surface area (Å²) >= 11 is 6.19. The average molecular weight is 281 g/mol. The molecule has 0 aliphatic carbocycles. The third-order valence-electron chi connectivity index (χ3n) is 3.17. The number of para-hydroxylation sites is 1. The number of aromatic nitrogens is 4. The summed E-state index contributed by atoms with van der Waals surface area (Å²) in [7, 11) is 0. The van der Waals surface area contributed by atoms with Crippen LogP contribution in [0.3, 0.4) is 0 Å². The average Bonchev–Trinajstić information content (AvgIpc) is 2.94. The zero-order valence-corrected chi connectivity index (χ0v) is 11.1. The van der Waals surface area contributed by atoms with E-state index < -0.39 is 0 Å². The molecule has 0 radical (unpaired) electrons. The third-order valence-corrected chi connectivity index (χ3v) is 3.42. The Morgan fingerprint density at radius 1 is 0.850 bits per heavy atom. The van der Waals surface area contributed by atoms with Crippen molar-refractivity contribution in [3.8, 4) is 11.4 Å². The first-order valence-corrected chi connectivity index (χ1v) is 6.57. The van der Waals surface area contributed by atoms with Gasteiger partial charge in [-0.05, 0) is 23.7 Å². The molecule has 0 atom stereocenters. The van der Waals surface area contributed by atoms with Gasteiger partial charge in [-0.15, -0.1) is 5.10 Å². The molecule has 2 heterocycles. The lowest BCUT2D eigenvalue weighted by Gasteiger charge is -1.99. The van der Waals surface area contributed by atoms with Crippen molar-refractivity contribution in [1.82, 2.24) is 19.6 Å². The van der Waals surface area contributed by atoms with Crippen LogP contribution in [-0.2, 0) is 0 Å². The number of halogens is 1. The zero-order valence-electron chi connectivity index (χ0n) is 10.4. The fourth-order valence-electron chi connectivity index (χ4n) is 2.23. The summed E-state index contributed by atoms with van der Waals surface area (Å²) < 4.78 is 1.58. The Hall–Kier alpha value is -2.46. The molecular formula is C15H9ClN4. The first-order chi connectivity index (χ1) is 9.83. The van der Waals surface area contributed by atoms with Gasteiger partial charge in [0.05, 0.1) is 5.52 Å². The van der Waals surface area contributed by atoms with E-state index in [1.54, 1.807) is 4.52 Å². The Kier molecular flexibility index (Phi) is 2.44. The Morgan fingerprint density at radius 2 is 1.60 bits per heavy atom. The molecule has 4 rings (SSSR count). The molecule has 20 heavy (non-hydrogen) atoms. The molecule has 0 saturated heterocycles. The largest absolute Gasteiger partial charge is 0.226 e. The second kappa shape index (κ2) is 4.28. The first kappa shape index (κ1) is 11.4. The highest BCUT2D eigenvalue weighted by Gasteiger charge is 2.12. The molecule has 2 aromatic heterocycles. The van der Waals surface area contributed by atoms with E-state index in [9.17, 15) is 0 Å². The van der Waals surface area contributed by atoms with Crippen LogP contribution in [0.25, 0.3) is 27.9 Å². The van der Waals surface area contributed by atoms with Crippen molar-refractivity contribution in [3.63, 3.8) is 0 Å². The van der Waals surface area contributed by atoms with Crippen LogP contribution in [0.4, 0.5) is 0 Å². The molecular weight excluding hydrogens is 272 g/mol. The second-order valence-electron chi connectivity index (χ2n) is 4.43. The zero-order chi connectivity index (χ0) is 13.5. The fraction of sp³-hybridized carbons (Fsp3) is 0. The van der Waals surface area contributed by atoms with Crippen LogP contribution >= 0.6 is 11.6 Å². The van der Waals surface area contributed by atoms with E-state index in [-0.39, 0.29) is 0 Å². The standard InChI is InChI=1S/C15H9ClN4/c16-15-17-12-9-5-4-8-11(12)14-18-13(19-20(14)15)10-6-2-1-3-7-10/h1-9H. The first-order valence-electron chi connectivity index (χ1n) is 6.19. The van der Waals surface area contributed by atoms with Crippen molar-refractivity contribution in [2.24, 2.45) is 0 Å². The quantitative estimate of drug-likeness (QED) is 0.500. The summed E-state index contributed by atoms with van der Waals surface area (Å²) in [6.45, 7) is 0. The molecule has 0 bridgehead atoms. The summed E-state index contributed by atoms with van der Waals surface area (Å²) in [6, 6.07) is 17.6. The van der Waals surface area contributed by atoms with Crippen molar-refractivity contribution < 1.29 is 0 Å². The molecule has 4 nitrogen and oxygen atoms in total. The van der Waals surface area contributed by atoms with Gasteiger partial charge in [0.2, 0.25) is 5.28 Å². The van der Waals surface area contributed by atoms with Gasteiger partial charge in [-0.25, -0.2) is 9.97 Å². The molecule has 0 saturated carbocycles. The summed E-state index contributed by atoms with van der Waals surface area (Å²) in [5.74, 6) is 0.644.